The molecule has 1 atom stereocenters. The van der Waals surface area contributed by atoms with E-state index in [4.69, 9.17) is 5.73 Å². The summed E-state index contributed by atoms with van der Waals surface area (Å²) in [6, 6.07) is 17.8. The Balaban J connectivity index is 0.00000156. The van der Waals surface area contributed by atoms with Gasteiger partial charge in [0.1, 0.15) is 5.54 Å². The topological polar surface area (TPSA) is 49.6 Å². The molecule has 0 bridgehead atoms. The molecule has 0 aromatic heterocycles. The minimum Gasteiger partial charge on any atom is -0.373 e. The molecule has 2 N–H and O–H groups in total. The van der Waals surface area contributed by atoms with E-state index < -0.39 is 5.54 Å². The van der Waals surface area contributed by atoms with Crippen molar-refractivity contribution >= 4 is 36.4 Å². The molecule has 0 radical (unpaired) electrons. The van der Waals surface area contributed by atoms with Crippen molar-refractivity contribution in [1.82, 2.24) is 4.90 Å². The zero-order chi connectivity index (χ0) is 16.4. The second-order valence-corrected chi connectivity index (χ2v) is 6.35. The molecule has 1 heterocycles. The fourth-order valence-corrected chi connectivity index (χ4v) is 3.10. The molecule has 1 unspecified atom stereocenters. The zero-order valence-electron chi connectivity index (χ0n) is 14.5. The number of hydrogen-bond donors (Lipinski definition) is 1. The van der Waals surface area contributed by atoms with Gasteiger partial charge in [0.15, 0.2) is 0 Å². The van der Waals surface area contributed by atoms with Gasteiger partial charge >= 0.3 is 0 Å². The molecule has 25 heavy (non-hydrogen) atoms. The number of carbonyl (C=O) groups excluding carboxylic acids is 1. The number of para-hydroxylation sites is 1. The van der Waals surface area contributed by atoms with E-state index in [1.54, 1.807) is 6.92 Å². The Morgan fingerprint density at radius 3 is 2.28 bits per heavy atom. The third-order valence-corrected chi connectivity index (χ3v) is 4.57. The van der Waals surface area contributed by atoms with E-state index in [1.165, 1.54) is 5.69 Å². The van der Waals surface area contributed by atoms with Gasteiger partial charge in [0.05, 0.1) is 0 Å². The third kappa shape index (κ3) is 4.27. The average Bonchev–Trinajstić information content (AvgIpc) is 2.74. The van der Waals surface area contributed by atoms with E-state index in [9.17, 15) is 4.79 Å². The maximum Gasteiger partial charge on any atom is 0.247 e. The maximum absolute atomic E-state index is 13.1. The quantitative estimate of drug-likeness (QED) is 0.868. The van der Waals surface area contributed by atoms with Crippen LogP contribution < -0.4 is 10.6 Å². The molecule has 0 saturated heterocycles. The highest BCUT2D eigenvalue weighted by atomic mass is 35.5. The second kappa shape index (κ2) is 8.56. The second-order valence-electron chi connectivity index (χ2n) is 6.35. The van der Waals surface area contributed by atoms with Crippen LogP contribution in [-0.2, 0) is 16.9 Å². The lowest BCUT2D eigenvalue weighted by Gasteiger charge is -2.31. The molecule has 2 aromatic carbocycles. The number of nitrogens with zero attached hydrogens (tertiary/aromatic N) is 2. The van der Waals surface area contributed by atoms with E-state index in [0.29, 0.717) is 13.1 Å². The van der Waals surface area contributed by atoms with Crippen molar-refractivity contribution in [2.45, 2.75) is 19.0 Å². The van der Waals surface area contributed by atoms with Gasteiger partial charge in [0.25, 0.3) is 0 Å². The van der Waals surface area contributed by atoms with Gasteiger partial charge in [-0.05, 0) is 24.1 Å². The molecule has 6 heteroatoms. The monoisotopic (exact) mass is 381 g/mol. The molecule has 0 aliphatic carbocycles. The molecule has 3 rings (SSSR count). The first-order chi connectivity index (χ1) is 11.0. The van der Waals surface area contributed by atoms with E-state index in [0.717, 1.165) is 17.7 Å². The van der Waals surface area contributed by atoms with Crippen LogP contribution in [0.1, 0.15) is 18.1 Å². The van der Waals surface area contributed by atoms with Crippen molar-refractivity contribution in [1.29, 1.82) is 0 Å². The highest BCUT2D eigenvalue weighted by Crippen LogP contribution is 2.27. The van der Waals surface area contributed by atoms with Crippen LogP contribution in [0.3, 0.4) is 0 Å². The maximum atomic E-state index is 13.1. The first-order valence-electron chi connectivity index (χ1n) is 7.93. The number of benzene rings is 2. The highest BCUT2D eigenvalue weighted by molar-refractivity contribution is 5.87. The van der Waals surface area contributed by atoms with Crippen molar-refractivity contribution in [3.05, 3.63) is 65.7 Å². The van der Waals surface area contributed by atoms with Crippen LogP contribution in [0.25, 0.3) is 0 Å². The molecule has 0 saturated carbocycles. The first kappa shape index (κ1) is 21.3. The van der Waals surface area contributed by atoms with Crippen molar-refractivity contribution in [2.75, 3.05) is 25.0 Å². The van der Waals surface area contributed by atoms with E-state index in [-0.39, 0.29) is 30.7 Å². The number of nitrogens with two attached hydrogens (primary N) is 1. The Bertz CT molecular complexity index is 707. The molecule has 0 fully saturated rings. The van der Waals surface area contributed by atoms with Gasteiger partial charge < -0.3 is 15.5 Å². The lowest BCUT2D eigenvalue weighted by atomic mass is 9.91. The van der Waals surface area contributed by atoms with E-state index >= 15 is 0 Å². The number of halogens is 2. The molecule has 2 aromatic rings. The largest absolute Gasteiger partial charge is 0.373 e. The highest BCUT2D eigenvalue weighted by Gasteiger charge is 2.35. The van der Waals surface area contributed by atoms with Crippen LogP contribution in [-0.4, -0.2) is 30.9 Å². The smallest absolute Gasteiger partial charge is 0.247 e. The Morgan fingerprint density at radius 2 is 1.60 bits per heavy atom. The SMILES string of the molecule is CN1CCN(C(=O)C(C)(N)c2ccccc2)Cc2ccccc21.Cl.Cl. The van der Waals surface area contributed by atoms with Gasteiger partial charge in [0.2, 0.25) is 5.91 Å². The number of hydrogen-bond acceptors (Lipinski definition) is 3. The molecular weight excluding hydrogens is 357 g/mol. The number of carbonyl (C=O) groups is 1. The van der Waals surface area contributed by atoms with Crippen molar-refractivity contribution in [3.8, 4) is 0 Å². The number of likely N-dealkylation sites (N-methyl/N-ethyl adjacent to an activating group) is 1. The van der Waals surface area contributed by atoms with Gasteiger partial charge in [-0.15, -0.1) is 24.8 Å². The lowest BCUT2D eigenvalue weighted by molar-refractivity contribution is -0.137. The summed E-state index contributed by atoms with van der Waals surface area (Å²) in [4.78, 5) is 17.1. The Kier molecular flexibility index (Phi) is 7.29. The van der Waals surface area contributed by atoms with Crippen molar-refractivity contribution in [3.63, 3.8) is 0 Å². The molecule has 0 spiro atoms. The summed E-state index contributed by atoms with van der Waals surface area (Å²) in [5.41, 5.74) is 8.58. The van der Waals surface area contributed by atoms with Crippen LogP contribution >= 0.6 is 24.8 Å². The van der Waals surface area contributed by atoms with Gasteiger partial charge in [-0.2, -0.15) is 0 Å². The zero-order valence-corrected chi connectivity index (χ0v) is 16.1. The number of fused-ring (bicyclic) bond motifs is 1. The summed E-state index contributed by atoms with van der Waals surface area (Å²) in [6.07, 6.45) is 0. The van der Waals surface area contributed by atoms with E-state index in [1.807, 2.05) is 47.4 Å². The van der Waals surface area contributed by atoms with Crippen molar-refractivity contribution < 1.29 is 4.79 Å². The number of amides is 1. The van der Waals surface area contributed by atoms with Gasteiger partial charge in [-0.25, -0.2) is 0 Å². The summed E-state index contributed by atoms with van der Waals surface area (Å²) in [6.45, 7) is 3.86. The summed E-state index contributed by atoms with van der Waals surface area (Å²) >= 11 is 0. The molecule has 136 valence electrons. The third-order valence-electron chi connectivity index (χ3n) is 4.57. The lowest BCUT2D eigenvalue weighted by Crippen LogP contribution is -2.51. The van der Waals surface area contributed by atoms with Gasteiger partial charge in [-0.1, -0.05) is 48.5 Å². The van der Waals surface area contributed by atoms with Crippen LogP contribution in [0.4, 0.5) is 5.69 Å². The fourth-order valence-electron chi connectivity index (χ4n) is 3.10. The molecule has 1 aliphatic heterocycles. The summed E-state index contributed by atoms with van der Waals surface area (Å²) < 4.78 is 0. The minimum atomic E-state index is -1.01. The predicted molar refractivity (Wildman–Crippen MR) is 108 cm³/mol. The van der Waals surface area contributed by atoms with Crippen LogP contribution in [0, 0.1) is 0 Å². The number of anilines is 1. The van der Waals surface area contributed by atoms with E-state index in [2.05, 4.69) is 24.1 Å². The average molecular weight is 382 g/mol. The minimum absolute atomic E-state index is 0. The normalized spacial score (nSPS) is 15.8. The van der Waals surface area contributed by atoms with Crippen LogP contribution in [0.15, 0.2) is 54.6 Å². The van der Waals surface area contributed by atoms with Crippen LogP contribution in [0.5, 0.6) is 0 Å². The molecular formula is C19H25Cl2N3O. The van der Waals surface area contributed by atoms with Gasteiger partial charge in [-0.3, -0.25) is 4.79 Å². The molecule has 1 amide bonds. The van der Waals surface area contributed by atoms with Crippen molar-refractivity contribution in [2.24, 2.45) is 5.73 Å². The Labute approximate surface area is 161 Å². The molecule has 1 aliphatic rings. The standard InChI is InChI=1S/C19H23N3O.2ClH/c1-19(20,16-9-4-3-5-10-16)18(23)22-13-12-21(2)17-11-7-6-8-15(17)14-22;;/h3-11H,12-14,20H2,1-2H3;2*1H. The van der Waals surface area contributed by atoms with Crippen LogP contribution in [0.2, 0.25) is 0 Å². The number of rotatable bonds is 2. The summed E-state index contributed by atoms with van der Waals surface area (Å²) in [7, 11) is 2.06. The first-order valence-corrected chi connectivity index (χ1v) is 7.93. The molecule has 4 nitrogen and oxygen atoms in total. The summed E-state index contributed by atoms with van der Waals surface area (Å²) in [5, 5.41) is 0. The Morgan fingerprint density at radius 1 is 1.00 bits per heavy atom. The summed E-state index contributed by atoms with van der Waals surface area (Å²) in [5.74, 6) is -0.0335. The fraction of sp³-hybridized carbons (Fsp3) is 0.316. The van der Waals surface area contributed by atoms with Gasteiger partial charge in [0, 0.05) is 32.4 Å². The Hall–Kier alpha value is -1.75. The predicted octanol–water partition coefficient (Wildman–Crippen LogP) is 3.18.